The molecule has 0 saturated heterocycles. The van der Waals surface area contributed by atoms with Gasteiger partial charge in [-0.1, -0.05) is 30.3 Å². The number of fused-ring (bicyclic) bond motifs is 2. The van der Waals surface area contributed by atoms with Gasteiger partial charge in [-0.2, -0.15) is 18.3 Å². The van der Waals surface area contributed by atoms with E-state index in [1.807, 2.05) is 0 Å². The van der Waals surface area contributed by atoms with Crippen molar-refractivity contribution in [1.29, 1.82) is 0 Å². The Morgan fingerprint density at radius 3 is 2.31 bits per heavy atom. The molecule has 8 heteroatoms. The van der Waals surface area contributed by atoms with Crippen LogP contribution in [0.25, 0.3) is 27.4 Å². The molecule has 2 aromatic heterocycles. The Morgan fingerprint density at radius 1 is 0.812 bits per heavy atom. The zero-order valence-corrected chi connectivity index (χ0v) is 16.4. The third kappa shape index (κ3) is 3.03. The van der Waals surface area contributed by atoms with Crippen LogP contribution in [-0.2, 0) is 5.60 Å². The van der Waals surface area contributed by atoms with Crippen LogP contribution in [0.5, 0.6) is 0 Å². The first kappa shape index (κ1) is 20.1. The minimum absolute atomic E-state index is 0.254. The average Bonchev–Trinajstić information content (AvgIpc) is 3.21. The van der Waals surface area contributed by atoms with Gasteiger partial charge in [-0.15, -0.1) is 0 Å². The lowest BCUT2D eigenvalue weighted by Gasteiger charge is -2.32. The van der Waals surface area contributed by atoms with Crippen molar-refractivity contribution in [3.05, 3.63) is 102 Å². The molecule has 3 aromatic carbocycles. The quantitative estimate of drug-likeness (QED) is 0.379. The lowest BCUT2D eigenvalue weighted by Crippen LogP contribution is -2.43. The third-order valence-corrected chi connectivity index (χ3v) is 5.53. The number of hydrogen-bond donors (Lipinski definition) is 1. The highest BCUT2D eigenvalue weighted by molar-refractivity contribution is 5.87. The molecule has 32 heavy (non-hydrogen) atoms. The summed E-state index contributed by atoms with van der Waals surface area (Å²) in [5, 5.41) is 16.5. The summed E-state index contributed by atoms with van der Waals surface area (Å²) in [6, 6.07) is 16.0. The molecular formula is C24H15F4N3O. The van der Waals surface area contributed by atoms with Crippen LogP contribution in [0.3, 0.4) is 0 Å². The molecule has 1 N–H and O–H groups in total. The summed E-state index contributed by atoms with van der Waals surface area (Å²) >= 11 is 0. The van der Waals surface area contributed by atoms with Gasteiger partial charge in [0.15, 0.2) is 0 Å². The molecule has 1 unspecified atom stereocenters. The van der Waals surface area contributed by atoms with Crippen molar-refractivity contribution >= 4 is 21.7 Å². The standard InChI is InChI=1S/C24H15F4N3O/c25-18-6-8-19(9-7-18)31-22-10-5-17(11-16(22)13-30-31)23(32,24(26,27)28)21-14-29-12-15-3-1-2-4-20(15)21/h1-14,32H. The summed E-state index contributed by atoms with van der Waals surface area (Å²) in [6.07, 6.45) is -1.12. The molecule has 0 fully saturated rings. The van der Waals surface area contributed by atoms with Gasteiger partial charge < -0.3 is 5.11 Å². The highest BCUT2D eigenvalue weighted by Gasteiger charge is 2.57. The van der Waals surface area contributed by atoms with E-state index in [0.29, 0.717) is 22.0 Å². The molecule has 0 aliphatic rings. The molecule has 4 nitrogen and oxygen atoms in total. The van der Waals surface area contributed by atoms with E-state index in [2.05, 4.69) is 10.1 Å². The lowest BCUT2D eigenvalue weighted by molar-refractivity contribution is -0.247. The molecule has 1 atom stereocenters. The molecule has 0 spiro atoms. The van der Waals surface area contributed by atoms with Gasteiger partial charge in [0.25, 0.3) is 0 Å². The van der Waals surface area contributed by atoms with Crippen LogP contribution >= 0.6 is 0 Å². The summed E-state index contributed by atoms with van der Waals surface area (Å²) in [7, 11) is 0. The maximum atomic E-state index is 14.4. The first-order valence-corrected chi connectivity index (χ1v) is 9.65. The van der Waals surface area contributed by atoms with Gasteiger partial charge in [-0.3, -0.25) is 4.98 Å². The molecule has 0 aliphatic heterocycles. The number of nitrogens with zero attached hydrogens (tertiary/aromatic N) is 3. The van der Waals surface area contributed by atoms with Gasteiger partial charge in [-0.05, 0) is 47.3 Å². The van der Waals surface area contributed by atoms with Crippen LogP contribution in [-0.4, -0.2) is 26.0 Å². The second-order valence-electron chi connectivity index (χ2n) is 7.42. The summed E-state index contributed by atoms with van der Waals surface area (Å²) in [5.41, 5.74) is -2.92. The first-order chi connectivity index (χ1) is 15.3. The fourth-order valence-corrected chi connectivity index (χ4v) is 3.92. The number of rotatable bonds is 3. The highest BCUT2D eigenvalue weighted by Crippen LogP contribution is 2.46. The lowest BCUT2D eigenvalue weighted by atomic mass is 9.83. The fourth-order valence-electron chi connectivity index (χ4n) is 3.92. The monoisotopic (exact) mass is 437 g/mol. The van der Waals surface area contributed by atoms with E-state index in [9.17, 15) is 22.7 Å². The van der Waals surface area contributed by atoms with Crippen molar-refractivity contribution in [3.8, 4) is 5.69 Å². The molecule has 5 aromatic rings. The zero-order chi connectivity index (χ0) is 22.5. The van der Waals surface area contributed by atoms with Gasteiger partial charge in [0.05, 0.1) is 17.4 Å². The van der Waals surface area contributed by atoms with Crippen LogP contribution in [0.1, 0.15) is 11.1 Å². The number of halogens is 4. The Hall–Kier alpha value is -3.78. The maximum absolute atomic E-state index is 14.4. The molecule has 0 saturated carbocycles. The van der Waals surface area contributed by atoms with Gasteiger partial charge in [0.2, 0.25) is 5.60 Å². The smallest absolute Gasteiger partial charge is 0.372 e. The summed E-state index contributed by atoms with van der Waals surface area (Å²) in [4.78, 5) is 3.92. The van der Waals surface area contributed by atoms with Crippen LogP contribution in [0.2, 0.25) is 0 Å². The number of aliphatic hydroxyl groups is 1. The third-order valence-electron chi connectivity index (χ3n) is 5.53. The van der Waals surface area contributed by atoms with Crippen molar-refractivity contribution in [2.75, 3.05) is 0 Å². The van der Waals surface area contributed by atoms with Gasteiger partial charge in [-0.25, -0.2) is 9.07 Å². The Balaban J connectivity index is 1.71. The Bertz CT molecular complexity index is 1440. The molecule has 5 rings (SSSR count). The average molecular weight is 437 g/mol. The zero-order valence-electron chi connectivity index (χ0n) is 16.4. The van der Waals surface area contributed by atoms with E-state index in [1.165, 1.54) is 65.6 Å². The molecule has 160 valence electrons. The Morgan fingerprint density at radius 2 is 1.56 bits per heavy atom. The Labute approximate surface area is 179 Å². The topological polar surface area (TPSA) is 50.9 Å². The second kappa shape index (κ2) is 7.13. The molecule has 0 bridgehead atoms. The van der Waals surface area contributed by atoms with Crippen molar-refractivity contribution in [2.45, 2.75) is 11.8 Å². The van der Waals surface area contributed by atoms with Crippen molar-refractivity contribution < 1.29 is 22.7 Å². The van der Waals surface area contributed by atoms with Crippen LogP contribution in [0.15, 0.2) is 85.3 Å². The van der Waals surface area contributed by atoms with Gasteiger partial charge in [0, 0.05) is 28.7 Å². The number of alkyl halides is 3. The molecule has 2 heterocycles. The first-order valence-electron chi connectivity index (χ1n) is 9.65. The normalized spacial score (nSPS) is 14.0. The molecule has 0 radical (unpaired) electrons. The van der Waals surface area contributed by atoms with E-state index in [4.69, 9.17) is 0 Å². The Kier molecular flexibility index (Phi) is 4.49. The predicted octanol–water partition coefficient (Wildman–Crippen LogP) is 5.51. The molecule has 0 amide bonds. The number of aromatic nitrogens is 3. The summed E-state index contributed by atoms with van der Waals surface area (Å²) in [6.45, 7) is 0. The van der Waals surface area contributed by atoms with Crippen LogP contribution in [0.4, 0.5) is 17.6 Å². The van der Waals surface area contributed by atoms with Crippen LogP contribution < -0.4 is 0 Å². The summed E-state index contributed by atoms with van der Waals surface area (Å²) in [5.74, 6) is -0.411. The highest BCUT2D eigenvalue weighted by atomic mass is 19.4. The maximum Gasteiger partial charge on any atom is 0.425 e. The van der Waals surface area contributed by atoms with Crippen molar-refractivity contribution in [2.24, 2.45) is 0 Å². The summed E-state index contributed by atoms with van der Waals surface area (Å²) < 4.78 is 57.9. The minimum Gasteiger partial charge on any atom is -0.372 e. The SMILES string of the molecule is OC(c1ccc2c(cnn2-c2ccc(F)cc2)c1)(c1cncc2ccccc12)C(F)(F)F. The fraction of sp³-hybridized carbons (Fsp3) is 0.0833. The van der Waals surface area contributed by atoms with Crippen molar-refractivity contribution in [3.63, 3.8) is 0 Å². The van der Waals surface area contributed by atoms with Crippen molar-refractivity contribution in [1.82, 2.24) is 14.8 Å². The van der Waals surface area contributed by atoms with E-state index in [-0.39, 0.29) is 16.5 Å². The van der Waals surface area contributed by atoms with E-state index in [0.717, 1.165) is 6.20 Å². The van der Waals surface area contributed by atoms with Gasteiger partial charge in [0.1, 0.15) is 5.82 Å². The van der Waals surface area contributed by atoms with E-state index < -0.39 is 17.6 Å². The van der Waals surface area contributed by atoms with E-state index >= 15 is 0 Å². The molecule has 0 aliphatic carbocycles. The van der Waals surface area contributed by atoms with Crippen LogP contribution in [0, 0.1) is 5.82 Å². The van der Waals surface area contributed by atoms with E-state index in [1.54, 1.807) is 18.2 Å². The number of pyridine rings is 1. The number of benzene rings is 3. The minimum atomic E-state index is -5.01. The molecular weight excluding hydrogens is 422 g/mol. The predicted molar refractivity (Wildman–Crippen MR) is 112 cm³/mol. The largest absolute Gasteiger partial charge is 0.425 e. The van der Waals surface area contributed by atoms with Gasteiger partial charge >= 0.3 is 6.18 Å². The second-order valence-corrected chi connectivity index (χ2v) is 7.42. The number of hydrogen-bond acceptors (Lipinski definition) is 3.